The van der Waals surface area contributed by atoms with Gasteiger partial charge in [0.05, 0.1) is 17.1 Å². The van der Waals surface area contributed by atoms with Crippen LogP contribution < -0.4 is 15.4 Å². The molecule has 2 aliphatic rings. The summed E-state index contributed by atoms with van der Waals surface area (Å²) in [7, 11) is 0. The molecule has 2 aliphatic heterocycles. The van der Waals surface area contributed by atoms with Gasteiger partial charge in [0.25, 0.3) is 11.8 Å². The average Bonchev–Trinajstić information content (AvgIpc) is 2.86. The van der Waals surface area contributed by atoms with Crippen molar-refractivity contribution >= 4 is 23.4 Å². The average molecular weight is 357 g/mol. The number of ether oxygens (including phenoxy) is 1. The third-order valence-electron chi connectivity index (χ3n) is 4.70. The second-order valence-electron chi connectivity index (χ2n) is 6.31. The fourth-order valence-electron chi connectivity index (χ4n) is 3.30. The third-order valence-corrected chi connectivity index (χ3v) is 5.16. The zero-order valence-corrected chi connectivity index (χ0v) is 14.5. The Kier molecular flexibility index (Phi) is 3.88. The van der Waals surface area contributed by atoms with Gasteiger partial charge in [-0.25, -0.2) is 0 Å². The Morgan fingerprint density at radius 1 is 1.12 bits per heavy atom. The highest BCUT2D eigenvalue weighted by Crippen LogP contribution is 2.36. The van der Waals surface area contributed by atoms with E-state index in [0.29, 0.717) is 42.5 Å². The Hall–Kier alpha value is -2.53. The standard InChI is InChI=1S/C19H17ClN2O3/c1-10-12(6-11-2-3-14-13(7-11)9-22-18(14)23)8-15-17(16(10)20)25-5-4-21-19(15)24/h2-3,7-8H,4-6,9H2,1H3,(H,21,24)(H,22,23). The molecule has 0 unspecified atom stereocenters. The molecule has 2 heterocycles. The molecule has 0 aromatic heterocycles. The molecule has 128 valence electrons. The molecule has 6 heteroatoms. The maximum absolute atomic E-state index is 12.3. The fraction of sp³-hybridized carbons (Fsp3) is 0.263. The first-order valence-electron chi connectivity index (χ1n) is 8.17. The zero-order chi connectivity index (χ0) is 17.6. The molecule has 4 rings (SSSR count). The molecule has 0 saturated carbocycles. The van der Waals surface area contributed by atoms with E-state index < -0.39 is 0 Å². The van der Waals surface area contributed by atoms with Gasteiger partial charge in [-0.05, 0) is 47.7 Å². The molecule has 0 aliphatic carbocycles. The lowest BCUT2D eigenvalue weighted by molar-refractivity contribution is 0.0952. The van der Waals surface area contributed by atoms with Gasteiger partial charge in [0.2, 0.25) is 0 Å². The predicted molar refractivity (Wildman–Crippen MR) is 94.4 cm³/mol. The Morgan fingerprint density at radius 2 is 1.92 bits per heavy atom. The van der Waals surface area contributed by atoms with Crippen molar-refractivity contribution in [2.75, 3.05) is 13.2 Å². The molecule has 0 spiro atoms. The van der Waals surface area contributed by atoms with Gasteiger partial charge in [0.1, 0.15) is 6.61 Å². The van der Waals surface area contributed by atoms with Gasteiger partial charge in [0, 0.05) is 12.1 Å². The molecule has 0 saturated heterocycles. The summed E-state index contributed by atoms with van der Waals surface area (Å²) in [4.78, 5) is 23.9. The Labute approximate surface area is 150 Å². The highest BCUT2D eigenvalue weighted by molar-refractivity contribution is 6.33. The Morgan fingerprint density at radius 3 is 2.76 bits per heavy atom. The first kappa shape index (κ1) is 16.0. The van der Waals surface area contributed by atoms with Crippen molar-refractivity contribution in [3.05, 3.63) is 62.7 Å². The van der Waals surface area contributed by atoms with Crippen LogP contribution in [0.2, 0.25) is 5.02 Å². The normalized spacial score (nSPS) is 15.6. The van der Waals surface area contributed by atoms with Crippen LogP contribution in [-0.4, -0.2) is 25.0 Å². The van der Waals surface area contributed by atoms with Crippen LogP contribution in [0.15, 0.2) is 24.3 Å². The van der Waals surface area contributed by atoms with Crippen LogP contribution in [0.1, 0.15) is 43.0 Å². The minimum absolute atomic E-state index is 0.0281. The molecular formula is C19H17ClN2O3. The number of fused-ring (bicyclic) bond motifs is 2. The highest BCUT2D eigenvalue weighted by atomic mass is 35.5. The molecule has 5 nitrogen and oxygen atoms in total. The van der Waals surface area contributed by atoms with E-state index in [1.807, 2.05) is 31.2 Å². The number of benzene rings is 2. The highest BCUT2D eigenvalue weighted by Gasteiger charge is 2.23. The van der Waals surface area contributed by atoms with E-state index in [-0.39, 0.29) is 11.8 Å². The number of carbonyl (C=O) groups is 2. The molecule has 2 aromatic rings. The van der Waals surface area contributed by atoms with Gasteiger partial charge < -0.3 is 15.4 Å². The Balaban J connectivity index is 1.73. The minimum atomic E-state index is -0.167. The van der Waals surface area contributed by atoms with Crippen LogP contribution in [0.3, 0.4) is 0 Å². The summed E-state index contributed by atoms with van der Waals surface area (Å²) in [5, 5.41) is 6.12. The van der Waals surface area contributed by atoms with Crippen LogP contribution >= 0.6 is 11.6 Å². The molecule has 0 radical (unpaired) electrons. The second kappa shape index (κ2) is 6.08. The molecule has 2 amide bonds. The number of rotatable bonds is 2. The summed E-state index contributed by atoms with van der Waals surface area (Å²) in [5.41, 5.74) is 5.16. The number of nitrogens with one attached hydrogen (secondary N) is 2. The lowest BCUT2D eigenvalue weighted by Crippen LogP contribution is -2.24. The largest absolute Gasteiger partial charge is 0.489 e. The van der Waals surface area contributed by atoms with E-state index in [4.69, 9.17) is 16.3 Å². The summed E-state index contributed by atoms with van der Waals surface area (Å²) < 4.78 is 5.65. The van der Waals surface area contributed by atoms with Crippen molar-refractivity contribution in [1.82, 2.24) is 10.6 Å². The summed E-state index contributed by atoms with van der Waals surface area (Å²) in [5.74, 6) is 0.265. The lowest BCUT2D eigenvalue weighted by atomic mass is 9.95. The fourth-order valence-corrected chi connectivity index (χ4v) is 3.58. The van der Waals surface area contributed by atoms with E-state index >= 15 is 0 Å². The van der Waals surface area contributed by atoms with Crippen LogP contribution in [0.5, 0.6) is 5.75 Å². The van der Waals surface area contributed by atoms with Crippen LogP contribution in [0.25, 0.3) is 0 Å². The number of amides is 2. The van der Waals surface area contributed by atoms with E-state index in [0.717, 1.165) is 27.8 Å². The Bertz CT molecular complexity index is 908. The van der Waals surface area contributed by atoms with Gasteiger partial charge in [-0.15, -0.1) is 0 Å². The van der Waals surface area contributed by atoms with Crippen molar-refractivity contribution in [1.29, 1.82) is 0 Å². The summed E-state index contributed by atoms with van der Waals surface area (Å²) in [6, 6.07) is 7.68. The smallest absolute Gasteiger partial charge is 0.255 e. The monoisotopic (exact) mass is 356 g/mol. The topological polar surface area (TPSA) is 67.4 Å². The maximum atomic E-state index is 12.3. The van der Waals surface area contributed by atoms with Gasteiger partial charge in [-0.1, -0.05) is 23.7 Å². The molecule has 2 aromatic carbocycles. The van der Waals surface area contributed by atoms with Crippen molar-refractivity contribution < 1.29 is 14.3 Å². The van der Waals surface area contributed by atoms with Crippen LogP contribution in [-0.2, 0) is 13.0 Å². The van der Waals surface area contributed by atoms with E-state index in [2.05, 4.69) is 10.6 Å². The lowest BCUT2D eigenvalue weighted by Gasteiger charge is -2.15. The van der Waals surface area contributed by atoms with Crippen molar-refractivity contribution in [2.45, 2.75) is 19.9 Å². The first-order valence-corrected chi connectivity index (χ1v) is 8.55. The molecule has 0 bridgehead atoms. The predicted octanol–water partition coefficient (Wildman–Crippen LogP) is 2.60. The van der Waals surface area contributed by atoms with Gasteiger partial charge in [-0.2, -0.15) is 0 Å². The number of carbonyl (C=O) groups excluding carboxylic acids is 2. The summed E-state index contributed by atoms with van der Waals surface area (Å²) >= 11 is 6.47. The molecular weight excluding hydrogens is 340 g/mol. The molecule has 0 fully saturated rings. The van der Waals surface area contributed by atoms with Crippen LogP contribution in [0, 0.1) is 6.92 Å². The second-order valence-corrected chi connectivity index (χ2v) is 6.68. The summed E-state index contributed by atoms with van der Waals surface area (Å²) in [6.07, 6.45) is 0.633. The van der Waals surface area contributed by atoms with Gasteiger partial charge in [0.15, 0.2) is 5.75 Å². The third kappa shape index (κ3) is 2.74. The molecule has 0 atom stereocenters. The van der Waals surface area contributed by atoms with Crippen molar-refractivity contribution in [2.24, 2.45) is 0 Å². The quantitative estimate of drug-likeness (QED) is 0.869. The van der Waals surface area contributed by atoms with Crippen molar-refractivity contribution in [3.63, 3.8) is 0 Å². The molecule has 25 heavy (non-hydrogen) atoms. The van der Waals surface area contributed by atoms with E-state index in [1.165, 1.54) is 0 Å². The van der Waals surface area contributed by atoms with E-state index in [9.17, 15) is 9.59 Å². The number of hydrogen-bond acceptors (Lipinski definition) is 3. The number of halogens is 1. The van der Waals surface area contributed by atoms with Crippen LogP contribution in [0.4, 0.5) is 0 Å². The zero-order valence-electron chi connectivity index (χ0n) is 13.7. The van der Waals surface area contributed by atoms with Gasteiger partial charge >= 0.3 is 0 Å². The van der Waals surface area contributed by atoms with E-state index in [1.54, 1.807) is 0 Å². The number of hydrogen-bond donors (Lipinski definition) is 2. The first-order chi connectivity index (χ1) is 12.0. The van der Waals surface area contributed by atoms with Crippen molar-refractivity contribution in [3.8, 4) is 5.75 Å². The minimum Gasteiger partial charge on any atom is -0.489 e. The van der Waals surface area contributed by atoms with Gasteiger partial charge in [-0.3, -0.25) is 9.59 Å². The summed E-state index contributed by atoms with van der Waals surface area (Å²) in [6.45, 7) is 3.36. The maximum Gasteiger partial charge on any atom is 0.255 e. The SMILES string of the molecule is Cc1c(Cc2ccc3c(c2)CNC3=O)cc2c(c1Cl)OCCNC2=O. The molecule has 2 N–H and O–H groups in total.